The predicted octanol–water partition coefficient (Wildman–Crippen LogP) is 2.83. The van der Waals surface area contributed by atoms with E-state index in [1.807, 2.05) is 49.4 Å². The van der Waals surface area contributed by atoms with Crippen LogP contribution in [0.1, 0.15) is 5.56 Å². The van der Waals surface area contributed by atoms with Gasteiger partial charge in [0.15, 0.2) is 0 Å². The molecule has 0 aliphatic heterocycles. The number of rotatable bonds is 1. The molecule has 0 fully saturated rings. The summed E-state index contributed by atoms with van der Waals surface area (Å²) < 4.78 is 0. The number of para-hydroxylation sites is 2. The van der Waals surface area contributed by atoms with Crippen LogP contribution in [0.25, 0.3) is 11.1 Å². The molecule has 0 aliphatic rings. The Kier molecular flexibility index (Phi) is 2.34. The lowest BCUT2D eigenvalue weighted by atomic mass is 9.99. The van der Waals surface area contributed by atoms with Gasteiger partial charge in [-0.2, -0.15) is 0 Å². The summed E-state index contributed by atoms with van der Waals surface area (Å²) >= 11 is 0. The van der Waals surface area contributed by atoms with Crippen molar-refractivity contribution < 1.29 is 0 Å². The lowest BCUT2D eigenvalue weighted by Gasteiger charge is -2.10. The third-order valence-electron chi connectivity index (χ3n) is 2.58. The number of anilines is 2. The second-order valence-electron chi connectivity index (χ2n) is 3.62. The number of hydrogen-bond acceptors (Lipinski definition) is 2. The summed E-state index contributed by atoms with van der Waals surface area (Å²) in [4.78, 5) is 0. The molecule has 0 radical (unpaired) electrons. The van der Waals surface area contributed by atoms with Crippen molar-refractivity contribution >= 4 is 11.4 Å². The highest BCUT2D eigenvalue weighted by atomic mass is 14.6. The minimum Gasteiger partial charge on any atom is -0.398 e. The highest BCUT2D eigenvalue weighted by molar-refractivity contribution is 5.85. The maximum atomic E-state index is 6.03. The molecule has 0 bridgehead atoms. The van der Waals surface area contributed by atoms with Crippen LogP contribution in [0.5, 0.6) is 0 Å². The Morgan fingerprint density at radius 2 is 1.47 bits per heavy atom. The van der Waals surface area contributed by atoms with Gasteiger partial charge >= 0.3 is 0 Å². The SMILES string of the molecule is Cc1cccc(-c2ccccc2N)c1N. The first-order chi connectivity index (χ1) is 7.20. The fourth-order valence-corrected chi connectivity index (χ4v) is 1.66. The van der Waals surface area contributed by atoms with Gasteiger partial charge in [0.25, 0.3) is 0 Å². The third kappa shape index (κ3) is 1.66. The number of hydrogen-bond donors (Lipinski definition) is 2. The molecule has 0 unspecified atom stereocenters. The molecule has 15 heavy (non-hydrogen) atoms. The molecule has 2 aromatic rings. The molecule has 2 nitrogen and oxygen atoms in total. The van der Waals surface area contributed by atoms with E-state index in [1.54, 1.807) is 0 Å². The van der Waals surface area contributed by atoms with Crippen molar-refractivity contribution in [3.8, 4) is 11.1 Å². The lowest BCUT2D eigenvalue weighted by molar-refractivity contribution is 1.46. The van der Waals surface area contributed by atoms with E-state index in [2.05, 4.69) is 0 Å². The highest BCUT2D eigenvalue weighted by Crippen LogP contribution is 2.31. The van der Waals surface area contributed by atoms with Gasteiger partial charge in [-0.15, -0.1) is 0 Å². The van der Waals surface area contributed by atoms with Crippen LogP contribution in [-0.4, -0.2) is 0 Å². The Balaban J connectivity index is 2.65. The monoisotopic (exact) mass is 198 g/mol. The van der Waals surface area contributed by atoms with E-state index >= 15 is 0 Å². The largest absolute Gasteiger partial charge is 0.398 e. The normalized spacial score (nSPS) is 10.2. The van der Waals surface area contributed by atoms with E-state index in [4.69, 9.17) is 11.5 Å². The summed E-state index contributed by atoms with van der Waals surface area (Å²) in [6.45, 7) is 2.00. The molecule has 4 N–H and O–H groups in total. The lowest BCUT2D eigenvalue weighted by Crippen LogP contribution is -1.96. The minimum atomic E-state index is 0.759. The second kappa shape index (κ2) is 3.65. The first-order valence-electron chi connectivity index (χ1n) is 4.90. The van der Waals surface area contributed by atoms with Gasteiger partial charge in [0.2, 0.25) is 0 Å². The predicted molar refractivity (Wildman–Crippen MR) is 65.4 cm³/mol. The van der Waals surface area contributed by atoms with Crippen LogP contribution in [0.3, 0.4) is 0 Å². The van der Waals surface area contributed by atoms with Crippen LogP contribution in [0.15, 0.2) is 42.5 Å². The molecule has 0 saturated heterocycles. The van der Waals surface area contributed by atoms with Crippen LogP contribution >= 0.6 is 0 Å². The topological polar surface area (TPSA) is 52.0 Å². The molecule has 0 atom stereocenters. The number of aryl methyl sites for hydroxylation is 1. The molecule has 0 aromatic heterocycles. The summed E-state index contributed by atoms with van der Waals surface area (Å²) in [7, 11) is 0. The van der Waals surface area contributed by atoms with Gasteiger partial charge in [-0.05, 0) is 18.6 Å². The Bertz CT molecular complexity index is 490. The average Bonchev–Trinajstić information content (AvgIpc) is 2.23. The van der Waals surface area contributed by atoms with Crippen LogP contribution in [0.4, 0.5) is 11.4 Å². The fourth-order valence-electron chi connectivity index (χ4n) is 1.66. The average molecular weight is 198 g/mol. The Morgan fingerprint density at radius 3 is 2.20 bits per heavy atom. The number of benzene rings is 2. The maximum absolute atomic E-state index is 6.03. The summed E-state index contributed by atoms with van der Waals surface area (Å²) in [5.41, 5.74) is 16.6. The third-order valence-corrected chi connectivity index (χ3v) is 2.58. The van der Waals surface area contributed by atoms with Crippen molar-refractivity contribution in [2.24, 2.45) is 0 Å². The van der Waals surface area contributed by atoms with Gasteiger partial charge in [-0.25, -0.2) is 0 Å². The zero-order valence-corrected chi connectivity index (χ0v) is 8.70. The number of nitrogens with two attached hydrogens (primary N) is 2. The van der Waals surface area contributed by atoms with Crippen LogP contribution in [-0.2, 0) is 0 Å². The van der Waals surface area contributed by atoms with Crippen molar-refractivity contribution in [1.29, 1.82) is 0 Å². The van der Waals surface area contributed by atoms with Gasteiger partial charge in [0, 0.05) is 22.5 Å². The first-order valence-corrected chi connectivity index (χ1v) is 4.90. The molecule has 0 heterocycles. The van der Waals surface area contributed by atoms with E-state index < -0.39 is 0 Å². The van der Waals surface area contributed by atoms with Crippen molar-refractivity contribution in [1.82, 2.24) is 0 Å². The molecule has 2 heteroatoms. The molecule has 2 aromatic carbocycles. The summed E-state index contributed by atoms with van der Waals surface area (Å²) in [6.07, 6.45) is 0. The summed E-state index contributed by atoms with van der Waals surface area (Å²) in [5, 5.41) is 0. The fraction of sp³-hybridized carbons (Fsp3) is 0.0769. The van der Waals surface area contributed by atoms with Crippen LogP contribution in [0.2, 0.25) is 0 Å². The van der Waals surface area contributed by atoms with Gasteiger partial charge in [-0.3, -0.25) is 0 Å². The Hall–Kier alpha value is -1.96. The second-order valence-corrected chi connectivity index (χ2v) is 3.62. The van der Waals surface area contributed by atoms with Crippen LogP contribution in [0, 0.1) is 6.92 Å². The Labute approximate surface area is 89.5 Å². The molecular formula is C13H14N2. The van der Waals surface area contributed by atoms with Crippen molar-refractivity contribution in [2.75, 3.05) is 11.5 Å². The molecule has 0 saturated carbocycles. The van der Waals surface area contributed by atoms with Crippen molar-refractivity contribution in [2.45, 2.75) is 6.92 Å². The number of nitrogen functional groups attached to an aromatic ring is 2. The zero-order chi connectivity index (χ0) is 10.8. The summed E-state index contributed by atoms with van der Waals surface area (Å²) in [6, 6.07) is 13.7. The Morgan fingerprint density at radius 1 is 0.800 bits per heavy atom. The van der Waals surface area contributed by atoms with Gasteiger partial charge in [0.1, 0.15) is 0 Å². The van der Waals surface area contributed by atoms with Crippen molar-refractivity contribution in [3.05, 3.63) is 48.0 Å². The first kappa shape index (κ1) is 9.59. The molecular weight excluding hydrogens is 184 g/mol. The van der Waals surface area contributed by atoms with E-state index in [1.165, 1.54) is 0 Å². The highest BCUT2D eigenvalue weighted by Gasteiger charge is 2.06. The van der Waals surface area contributed by atoms with Gasteiger partial charge in [0.05, 0.1) is 0 Å². The van der Waals surface area contributed by atoms with E-state index in [9.17, 15) is 0 Å². The van der Waals surface area contributed by atoms with Gasteiger partial charge in [-0.1, -0.05) is 36.4 Å². The molecule has 2 rings (SSSR count). The maximum Gasteiger partial charge on any atom is 0.0424 e. The van der Waals surface area contributed by atoms with Crippen LogP contribution < -0.4 is 11.5 Å². The molecule has 0 amide bonds. The van der Waals surface area contributed by atoms with E-state index in [0.717, 1.165) is 28.1 Å². The zero-order valence-electron chi connectivity index (χ0n) is 8.70. The van der Waals surface area contributed by atoms with E-state index in [0.29, 0.717) is 0 Å². The quantitative estimate of drug-likeness (QED) is 0.692. The minimum absolute atomic E-state index is 0.759. The molecule has 0 spiro atoms. The molecule has 76 valence electrons. The summed E-state index contributed by atoms with van der Waals surface area (Å²) in [5.74, 6) is 0. The standard InChI is InChI=1S/C13H14N2/c1-9-5-4-7-11(13(9)15)10-6-2-3-8-12(10)14/h2-8H,14-15H2,1H3. The van der Waals surface area contributed by atoms with Crippen molar-refractivity contribution in [3.63, 3.8) is 0 Å². The van der Waals surface area contributed by atoms with E-state index in [-0.39, 0.29) is 0 Å². The van der Waals surface area contributed by atoms with Gasteiger partial charge < -0.3 is 11.5 Å². The molecule has 0 aliphatic carbocycles. The smallest absolute Gasteiger partial charge is 0.0424 e.